The molecule has 1 fully saturated rings. The Bertz CT molecular complexity index is 297. The molecule has 0 aromatic rings. The highest BCUT2D eigenvalue weighted by atomic mass is 127. The van der Waals surface area contributed by atoms with Crippen molar-refractivity contribution in [2.24, 2.45) is 4.99 Å². The fourth-order valence-corrected chi connectivity index (χ4v) is 3.90. The van der Waals surface area contributed by atoms with Crippen LogP contribution in [0.1, 0.15) is 47.0 Å². The third-order valence-electron chi connectivity index (χ3n) is 3.94. The van der Waals surface area contributed by atoms with Crippen molar-refractivity contribution in [2.75, 3.05) is 31.6 Å². The molecule has 0 aliphatic carbocycles. The first-order valence-corrected chi connectivity index (χ1v) is 9.50. The molecule has 2 N–H and O–H groups in total. The zero-order valence-electron chi connectivity index (χ0n) is 14.9. The smallest absolute Gasteiger partial charge is 0.191 e. The van der Waals surface area contributed by atoms with Crippen LogP contribution in [0.2, 0.25) is 0 Å². The van der Waals surface area contributed by atoms with Crippen molar-refractivity contribution in [1.29, 1.82) is 0 Å². The van der Waals surface area contributed by atoms with Gasteiger partial charge in [-0.05, 0) is 52.7 Å². The predicted octanol–water partition coefficient (Wildman–Crippen LogP) is 3.17. The number of nitrogens with one attached hydrogen (secondary N) is 2. The predicted molar refractivity (Wildman–Crippen MR) is 112 cm³/mol. The number of nitrogens with zero attached hydrogens (tertiary/aromatic N) is 2. The van der Waals surface area contributed by atoms with Crippen LogP contribution in [0, 0.1) is 0 Å². The Labute approximate surface area is 158 Å². The van der Waals surface area contributed by atoms with Crippen LogP contribution >= 0.6 is 35.7 Å². The van der Waals surface area contributed by atoms with Crippen LogP contribution in [0.3, 0.4) is 0 Å². The van der Waals surface area contributed by atoms with Crippen LogP contribution in [0.4, 0.5) is 0 Å². The standard InChI is InChI=1S/C16H34N4S.HI/c1-13(2)20(14(3)4)10-7-9-18-16(17-5)19-15-8-6-11-21-12-15;/h13-15H,6-12H2,1-5H3,(H2,17,18,19);1H. The second-order valence-corrected chi connectivity index (χ2v) is 7.49. The van der Waals surface area contributed by atoms with Gasteiger partial charge in [0.25, 0.3) is 0 Å². The van der Waals surface area contributed by atoms with E-state index in [1.165, 1.54) is 24.3 Å². The third kappa shape index (κ3) is 8.82. The first kappa shape index (κ1) is 22.3. The maximum atomic E-state index is 4.34. The lowest BCUT2D eigenvalue weighted by Crippen LogP contribution is -2.46. The lowest BCUT2D eigenvalue weighted by molar-refractivity contribution is 0.173. The van der Waals surface area contributed by atoms with Gasteiger partial charge in [0.2, 0.25) is 0 Å². The zero-order chi connectivity index (χ0) is 15.7. The molecule has 0 amide bonds. The summed E-state index contributed by atoms with van der Waals surface area (Å²) in [6, 6.07) is 1.81. The van der Waals surface area contributed by atoms with E-state index in [9.17, 15) is 0 Å². The third-order valence-corrected chi connectivity index (χ3v) is 5.15. The van der Waals surface area contributed by atoms with E-state index < -0.39 is 0 Å². The average molecular weight is 442 g/mol. The van der Waals surface area contributed by atoms with E-state index in [1.54, 1.807) is 0 Å². The zero-order valence-corrected chi connectivity index (χ0v) is 18.0. The SMILES string of the molecule is CN=C(NCCCN(C(C)C)C(C)C)NC1CCCSC1.I. The fraction of sp³-hybridized carbons (Fsp3) is 0.938. The maximum Gasteiger partial charge on any atom is 0.191 e. The second-order valence-electron chi connectivity index (χ2n) is 6.34. The number of rotatable bonds is 7. The second kappa shape index (κ2) is 12.7. The summed E-state index contributed by atoms with van der Waals surface area (Å²) in [5.41, 5.74) is 0. The lowest BCUT2D eigenvalue weighted by Gasteiger charge is -2.30. The van der Waals surface area contributed by atoms with E-state index in [0.29, 0.717) is 18.1 Å². The van der Waals surface area contributed by atoms with Crippen molar-refractivity contribution in [2.45, 2.75) is 65.1 Å². The molecule has 22 heavy (non-hydrogen) atoms. The summed E-state index contributed by atoms with van der Waals surface area (Å²) in [6.45, 7) is 11.2. The molecule has 0 aromatic heterocycles. The fourth-order valence-electron chi connectivity index (χ4n) is 2.82. The van der Waals surface area contributed by atoms with Crippen molar-refractivity contribution in [3.8, 4) is 0 Å². The van der Waals surface area contributed by atoms with Gasteiger partial charge in [-0.2, -0.15) is 11.8 Å². The molecule has 0 aromatic carbocycles. The van der Waals surface area contributed by atoms with Gasteiger partial charge in [0.15, 0.2) is 5.96 Å². The van der Waals surface area contributed by atoms with Crippen LogP contribution in [-0.2, 0) is 0 Å². The van der Waals surface area contributed by atoms with Gasteiger partial charge in [-0.15, -0.1) is 24.0 Å². The summed E-state index contributed by atoms with van der Waals surface area (Å²) < 4.78 is 0. The van der Waals surface area contributed by atoms with Crippen LogP contribution < -0.4 is 10.6 Å². The average Bonchev–Trinajstić information content (AvgIpc) is 2.46. The summed E-state index contributed by atoms with van der Waals surface area (Å²) >= 11 is 2.04. The normalized spacial score (nSPS) is 19.5. The van der Waals surface area contributed by atoms with Crippen LogP contribution in [0.15, 0.2) is 4.99 Å². The minimum Gasteiger partial charge on any atom is -0.356 e. The van der Waals surface area contributed by atoms with Gasteiger partial charge in [0, 0.05) is 44.0 Å². The van der Waals surface area contributed by atoms with Gasteiger partial charge in [-0.25, -0.2) is 0 Å². The van der Waals surface area contributed by atoms with Gasteiger partial charge in [0.1, 0.15) is 0 Å². The molecule has 6 heteroatoms. The lowest BCUT2D eigenvalue weighted by atomic mass is 10.2. The number of guanidine groups is 1. The molecular weight excluding hydrogens is 407 g/mol. The Morgan fingerprint density at radius 2 is 1.95 bits per heavy atom. The molecule has 1 aliphatic heterocycles. The number of thioether (sulfide) groups is 1. The Kier molecular flexibility index (Phi) is 12.9. The summed E-state index contributed by atoms with van der Waals surface area (Å²) in [5.74, 6) is 3.47. The topological polar surface area (TPSA) is 39.7 Å². The molecule has 1 aliphatic rings. The van der Waals surface area contributed by atoms with Crippen LogP contribution in [0.5, 0.6) is 0 Å². The Hall–Kier alpha value is 0.310. The van der Waals surface area contributed by atoms with E-state index in [4.69, 9.17) is 0 Å². The molecule has 0 bridgehead atoms. The number of halogens is 1. The van der Waals surface area contributed by atoms with Gasteiger partial charge in [0.05, 0.1) is 0 Å². The quantitative estimate of drug-likeness (QED) is 0.275. The highest BCUT2D eigenvalue weighted by molar-refractivity contribution is 14.0. The Morgan fingerprint density at radius 1 is 1.27 bits per heavy atom. The summed E-state index contributed by atoms with van der Waals surface area (Å²) in [7, 11) is 1.86. The van der Waals surface area contributed by atoms with E-state index in [-0.39, 0.29) is 24.0 Å². The van der Waals surface area contributed by atoms with E-state index in [2.05, 4.69) is 48.2 Å². The molecule has 1 heterocycles. The first-order chi connectivity index (χ1) is 10.0. The molecule has 1 rings (SSSR count). The minimum atomic E-state index is 0. The van der Waals surface area contributed by atoms with Crippen molar-refractivity contribution in [1.82, 2.24) is 15.5 Å². The van der Waals surface area contributed by atoms with Crippen molar-refractivity contribution < 1.29 is 0 Å². The van der Waals surface area contributed by atoms with Crippen molar-refractivity contribution in [3.05, 3.63) is 0 Å². The monoisotopic (exact) mass is 442 g/mol. The highest BCUT2D eigenvalue weighted by Gasteiger charge is 2.15. The van der Waals surface area contributed by atoms with E-state index >= 15 is 0 Å². The van der Waals surface area contributed by atoms with Gasteiger partial charge in [-0.3, -0.25) is 9.89 Å². The van der Waals surface area contributed by atoms with Crippen LogP contribution in [0.25, 0.3) is 0 Å². The molecule has 1 unspecified atom stereocenters. The summed E-state index contributed by atoms with van der Waals surface area (Å²) in [5, 5.41) is 7.00. The van der Waals surface area contributed by atoms with Crippen molar-refractivity contribution >= 4 is 41.7 Å². The van der Waals surface area contributed by atoms with Gasteiger partial charge in [-0.1, -0.05) is 0 Å². The largest absolute Gasteiger partial charge is 0.356 e. The molecule has 132 valence electrons. The van der Waals surface area contributed by atoms with Gasteiger partial charge < -0.3 is 10.6 Å². The molecule has 1 atom stereocenters. The first-order valence-electron chi connectivity index (χ1n) is 8.35. The molecule has 0 saturated carbocycles. The molecule has 0 radical (unpaired) electrons. The highest BCUT2D eigenvalue weighted by Crippen LogP contribution is 2.16. The maximum absolute atomic E-state index is 4.34. The molecular formula is C16H35IN4S. The minimum absolute atomic E-state index is 0. The van der Waals surface area contributed by atoms with E-state index in [0.717, 1.165) is 25.5 Å². The van der Waals surface area contributed by atoms with Gasteiger partial charge >= 0.3 is 0 Å². The summed E-state index contributed by atoms with van der Waals surface area (Å²) in [6.07, 6.45) is 3.73. The summed E-state index contributed by atoms with van der Waals surface area (Å²) in [4.78, 5) is 6.88. The Balaban J connectivity index is 0.00000441. The van der Waals surface area contributed by atoms with Crippen molar-refractivity contribution in [3.63, 3.8) is 0 Å². The molecule has 1 saturated heterocycles. The molecule has 4 nitrogen and oxygen atoms in total. The number of aliphatic imine (C=N–C) groups is 1. The number of hydrogen-bond acceptors (Lipinski definition) is 3. The van der Waals surface area contributed by atoms with Crippen LogP contribution in [-0.4, -0.2) is 60.6 Å². The van der Waals surface area contributed by atoms with E-state index in [1.807, 2.05) is 18.8 Å². The Morgan fingerprint density at radius 3 is 2.45 bits per heavy atom. The number of hydrogen-bond donors (Lipinski definition) is 2. The molecule has 0 spiro atoms.